The van der Waals surface area contributed by atoms with Crippen LogP contribution in [0, 0.1) is 0 Å². The standard InChI is InChI=1S/C14H18N2O/c1-10(2)11-5-6-14(17-4)12(7-11)13-8-16(3)9-15-13/h5-10H,1-4H3. The van der Waals surface area contributed by atoms with Crippen molar-refractivity contribution in [1.82, 2.24) is 9.55 Å². The van der Waals surface area contributed by atoms with Crippen molar-refractivity contribution >= 4 is 0 Å². The smallest absolute Gasteiger partial charge is 0.128 e. The third-order valence-electron chi connectivity index (χ3n) is 2.87. The minimum atomic E-state index is 0.503. The molecule has 0 aliphatic carbocycles. The SMILES string of the molecule is COc1ccc(C(C)C)cc1-c1cn(C)cn1. The topological polar surface area (TPSA) is 27.1 Å². The average molecular weight is 230 g/mol. The van der Waals surface area contributed by atoms with Crippen LogP contribution in [0.3, 0.4) is 0 Å². The number of nitrogens with zero attached hydrogens (tertiary/aromatic N) is 2. The molecular formula is C14H18N2O. The van der Waals surface area contributed by atoms with E-state index in [1.807, 2.05) is 23.9 Å². The molecule has 0 fully saturated rings. The first-order chi connectivity index (χ1) is 8.11. The van der Waals surface area contributed by atoms with E-state index in [-0.39, 0.29) is 0 Å². The van der Waals surface area contributed by atoms with Crippen LogP contribution in [0.25, 0.3) is 11.3 Å². The zero-order valence-electron chi connectivity index (χ0n) is 10.8. The molecule has 0 spiro atoms. The van der Waals surface area contributed by atoms with Crippen molar-refractivity contribution in [2.24, 2.45) is 7.05 Å². The predicted octanol–water partition coefficient (Wildman–Crippen LogP) is 3.22. The van der Waals surface area contributed by atoms with Crippen LogP contribution in [-0.2, 0) is 7.05 Å². The third kappa shape index (κ3) is 2.33. The molecule has 0 aliphatic heterocycles. The van der Waals surface area contributed by atoms with Gasteiger partial charge in [-0.15, -0.1) is 0 Å². The Morgan fingerprint density at radius 2 is 2.06 bits per heavy atom. The number of aryl methyl sites for hydroxylation is 1. The molecule has 3 heteroatoms. The highest BCUT2D eigenvalue weighted by Gasteiger charge is 2.10. The largest absolute Gasteiger partial charge is 0.496 e. The zero-order valence-corrected chi connectivity index (χ0v) is 10.8. The molecule has 1 aromatic carbocycles. The number of methoxy groups -OCH3 is 1. The van der Waals surface area contributed by atoms with Crippen LogP contribution in [0.15, 0.2) is 30.7 Å². The molecule has 0 N–H and O–H groups in total. The fourth-order valence-corrected chi connectivity index (χ4v) is 1.84. The Balaban J connectivity index is 2.53. The van der Waals surface area contributed by atoms with E-state index in [0.29, 0.717) is 5.92 Å². The molecule has 0 amide bonds. The van der Waals surface area contributed by atoms with Crippen molar-refractivity contribution in [3.05, 3.63) is 36.3 Å². The lowest BCUT2D eigenvalue weighted by atomic mass is 9.99. The first-order valence-electron chi connectivity index (χ1n) is 5.78. The molecule has 0 unspecified atom stereocenters. The highest BCUT2D eigenvalue weighted by atomic mass is 16.5. The maximum atomic E-state index is 5.39. The van der Waals surface area contributed by atoms with Crippen molar-refractivity contribution in [2.75, 3.05) is 7.11 Å². The van der Waals surface area contributed by atoms with Crippen molar-refractivity contribution in [2.45, 2.75) is 19.8 Å². The van der Waals surface area contributed by atoms with Crippen LogP contribution in [0.2, 0.25) is 0 Å². The monoisotopic (exact) mass is 230 g/mol. The van der Waals surface area contributed by atoms with E-state index in [4.69, 9.17) is 4.74 Å². The second kappa shape index (κ2) is 4.62. The van der Waals surface area contributed by atoms with Crippen LogP contribution in [0.1, 0.15) is 25.3 Å². The maximum absolute atomic E-state index is 5.39. The highest BCUT2D eigenvalue weighted by Crippen LogP contribution is 2.31. The van der Waals surface area contributed by atoms with Crippen LogP contribution < -0.4 is 4.74 Å². The van der Waals surface area contributed by atoms with Gasteiger partial charge < -0.3 is 9.30 Å². The first-order valence-corrected chi connectivity index (χ1v) is 5.78. The van der Waals surface area contributed by atoms with Crippen LogP contribution in [0.5, 0.6) is 5.75 Å². The summed E-state index contributed by atoms with van der Waals surface area (Å²) in [4.78, 5) is 4.38. The van der Waals surface area contributed by atoms with Gasteiger partial charge in [-0.25, -0.2) is 4.98 Å². The molecule has 3 nitrogen and oxygen atoms in total. The molecule has 0 saturated heterocycles. The number of ether oxygens (including phenoxy) is 1. The van der Waals surface area contributed by atoms with Gasteiger partial charge in [-0.1, -0.05) is 19.9 Å². The van der Waals surface area contributed by atoms with E-state index in [9.17, 15) is 0 Å². The van der Waals surface area contributed by atoms with E-state index < -0.39 is 0 Å². The third-order valence-corrected chi connectivity index (χ3v) is 2.87. The summed E-state index contributed by atoms with van der Waals surface area (Å²) in [6.07, 6.45) is 3.80. The van der Waals surface area contributed by atoms with Crippen LogP contribution in [-0.4, -0.2) is 16.7 Å². The number of imidazole rings is 1. The Morgan fingerprint density at radius 1 is 1.29 bits per heavy atom. The minimum absolute atomic E-state index is 0.503. The van der Waals surface area contributed by atoms with Crippen LogP contribution in [0.4, 0.5) is 0 Å². The lowest BCUT2D eigenvalue weighted by molar-refractivity contribution is 0.416. The predicted molar refractivity (Wildman–Crippen MR) is 69.3 cm³/mol. The summed E-state index contributed by atoms with van der Waals surface area (Å²) in [5.74, 6) is 1.37. The Labute approximate surface area is 102 Å². The molecule has 2 aromatic rings. The molecule has 1 heterocycles. The molecule has 17 heavy (non-hydrogen) atoms. The van der Waals surface area contributed by atoms with Gasteiger partial charge in [0.15, 0.2) is 0 Å². The van der Waals surface area contributed by atoms with Gasteiger partial charge in [-0.2, -0.15) is 0 Å². The zero-order chi connectivity index (χ0) is 12.4. The van der Waals surface area contributed by atoms with Gasteiger partial charge in [0.1, 0.15) is 5.75 Å². The first kappa shape index (κ1) is 11.7. The van der Waals surface area contributed by atoms with E-state index in [2.05, 4.69) is 31.0 Å². The van der Waals surface area contributed by atoms with Crippen molar-refractivity contribution in [3.63, 3.8) is 0 Å². The highest BCUT2D eigenvalue weighted by molar-refractivity contribution is 5.67. The van der Waals surface area contributed by atoms with Gasteiger partial charge in [0.2, 0.25) is 0 Å². The summed E-state index contributed by atoms with van der Waals surface area (Å²) in [5, 5.41) is 0. The summed E-state index contributed by atoms with van der Waals surface area (Å²) in [6, 6.07) is 6.28. The summed E-state index contributed by atoms with van der Waals surface area (Å²) in [6.45, 7) is 4.37. The summed E-state index contributed by atoms with van der Waals surface area (Å²) < 4.78 is 7.34. The molecule has 0 bridgehead atoms. The molecule has 0 radical (unpaired) electrons. The van der Waals surface area contributed by atoms with Gasteiger partial charge in [-0.05, 0) is 23.6 Å². The van der Waals surface area contributed by atoms with Gasteiger partial charge in [-0.3, -0.25) is 0 Å². The van der Waals surface area contributed by atoms with E-state index in [0.717, 1.165) is 17.0 Å². The summed E-state index contributed by atoms with van der Waals surface area (Å²) >= 11 is 0. The lowest BCUT2D eigenvalue weighted by Crippen LogP contribution is -1.93. The second-order valence-electron chi connectivity index (χ2n) is 4.54. The molecule has 0 atom stereocenters. The Morgan fingerprint density at radius 3 is 2.59 bits per heavy atom. The molecule has 0 saturated carbocycles. The van der Waals surface area contributed by atoms with Crippen LogP contribution >= 0.6 is 0 Å². The molecule has 1 aromatic heterocycles. The van der Waals surface area contributed by atoms with E-state index >= 15 is 0 Å². The lowest BCUT2D eigenvalue weighted by Gasteiger charge is -2.11. The minimum Gasteiger partial charge on any atom is -0.496 e. The number of benzene rings is 1. The average Bonchev–Trinajstić information content (AvgIpc) is 2.74. The summed E-state index contributed by atoms with van der Waals surface area (Å²) in [7, 11) is 3.66. The number of hydrogen-bond acceptors (Lipinski definition) is 2. The van der Waals surface area contributed by atoms with Gasteiger partial charge in [0.25, 0.3) is 0 Å². The summed E-state index contributed by atoms with van der Waals surface area (Å²) in [5.41, 5.74) is 3.30. The normalized spacial score (nSPS) is 10.9. The second-order valence-corrected chi connectivity index (χ2v) is 4.54. The van der Waals surface area contributed by atoms with Crippen molar-refractivity contribution < 1.29 is 4.74 Å². The fourth-order valence-electron chi connectivity index (χ4n) is 1.84. The molecule has 90 valence electrons. The van der Waals surface area contributed by atoms with Crippen molar-refractivity contribution in [3.8, 4) is 17.0 Å². The maximum Gasteiger partial charge on any atom is 0.128 e. The van der Waals surface area contributed by atoms with E-state index in [1.165, 1.54) is 5.56 Å². The van der Waals surface area contributed by atoms with E-state index in [1.54, 1.807) is 13.4 Å². The van der Waals surface area contributed by atoms with Crippen molar-refractivity contribution in [1.29, 1.82) is 0 Å². The number of hydrogen-bond donors (Lipinski definition) is 0. The fraction of sp³-hybridized carbons (Fsp3) is 0.357. The van der Waals surface area contributed by atoms with Gasteiger partial charge in [0, 0.05) is 18.8 Å². The Hall–Kier alpha value is -1.77. The van der Waals surface area contributed by atoms with Gasteiger partial charge >= 0.3 is 0 Å². The van der Waals surface area contributed by atoms with Gasteiger partial charge in [0.05, 0.1) is 19.1 Å². The quantitative estimate of drug-likeness (QED) is 0.809. The number of aromatic nitrogens is 2. The Kier molecular flexibility index (Phi) is 3.18. The number of rotatable bonds is 3. The Bertz CT molecular complexity index is 515. The molecule has 0 aliphatic rings. The molecule has 2 rings (SSSR count). The molecular weight excluding hydrogens is 212 g/mol.